The third-order valence-electron chi connectivity index (χ3n) is 16.0. The molecule has 10 atom stereocenters. The Bertz CT molecular complexity index is 1150. The lowest BCUT2D eigenvalue weighted by molar-refractivity contribution is -0.212. The Kier molecular flexibility index (Phi) is 7.18. The van der Waals surface area contributed by atoms with Crippen LogP contribution in [0.4, 0.5) is 0 Å². The zero-order chi connectivity index (χ0) is 29.5. The van der Waals surface area contributed by atoms with Crippen LogP contribution in [0.2, 0.25) is 0 Å². The molecule has 0 heterocycles. The highest BCUT2D eigenvalue weighted by atomic mass is 16.4. The van der Waals surface area contributed by atoms with Crippen molar-refractivity contribution in [3.8, 4) is 0 Å². The molecule has 0 saturated heterocycles. The van der Waals surface area contributed by atoms with Crippen molar-refractivity contribution in [2.45, 2.75) is 148 Å². The fraction of sp³-hybridized carbons (Fsp3) is 0.868. The van der Waals surface area contributed by atoms with Crippen LogP contribution in [0.25, 0.3) is 0 Å². The number of carboxylic acids is 1. The quantitative estimate of drug-likeness (QED) is 0.296. The van der Waals surface area contributed by atoms with E-state index in [0.717, 1.165) is 62.3 Å². The zero-order valence-corrected chi connectivity index (χ0v) is 27.1. The summed E-state index contributed by atoms with van der Waals surface area (Å²) < 4.78 is 0. The second kappa shape index (κ2) is 10.2. The number of nitrogens with one attached hydrogen (secondary N) is 1. The number of carbonyl (C=O) groups is 1. The summed E-state index contributed by atoms with van der Waals surface area (Å²) >= 11 is 0. The minimum Gasteiger partial charge on any atom is -0.481 e. The molecular weight excluding hydrogens is 518 g/mol. The minimum absolute atomic E-state index is 0.191. The molecule has 5 saturated carbocycles. The molecule has 9 unspecified atom stereocenters. The van der Waals surface area contributed by atoms with Gasteiger partial charge in [-0.2, -0.15) is 0 Å². The van der Waals surface area contributed by atoms with Gasteiger partial charge in [0.05, 0.1) is 11.5 Å². The summed E-state index contributed by atoms with van der Waals surface area (Å²) in [4.78, 5) is 11.5. The van der Waals surface area contributed by atoms with Crippen molar-refractivity contribution in [1.29, 1.82) is 0 Å². The van der Waals surface area contributed by atoms with Crippen molar-refractivity contribution < 1.29 is 15.0 Å². The Morgan fingerprint density at radius 3 is 2.38 bits per heavy atom. The van der Waals surface area contributed by atoms with Gasteiger partial charge in [-0.15, -0.1) is 0 Å². The molecule has 0 amide bonds. The lowest BCUT2D eigenvalue weighted by Crippen LogP contribution is -2.67. The highest BCUT2D eigenvalue weighted by Crippen LogP contribution is 2.75. The molecule has 0 spiro atoms. The maximum absolute atomic E-state index is 11.5. The van der Waals surface area contributed by atoms with Crippen molar-refractivity contribution in [3.63, 3.8) is 0 Å². The number of rotatable bonds is 6. The lowest BCUT2D eigenvalue weighted by atomic mass is 9.34. The molecule has 0 aromatic rings. The van der Waals surface area contributed by atoms with E-state index < -0.39 is 5.97 Å². The Balaban J connectivity index is 1.11. The predicted molar refractivity (Wildman–Crippen MR) is 169 cm³/mol. The number of aliphatic carboxylic acids is 1. The number of allylic oxidation sites excluding steroid dienone is 4. The summed E-state index contributed by atoms with van der Waals surface area (Å²) in [5.41, 5.74) is 4.16. The summed E-state index contributed by atoms with van der Waals surface area (Å²) in [6, 6.07) is 0. The second-order valence-electron chi connectivity index (χ2n) is 17.3. The molecule has 234 valence electrons. The van der Waals surface area contributed by atoms with Crippen LogP contribution in [-0.2, 0) is 4.79 Å². The predicted octanol–water partition coefficient (Wildman–Crippen LogP) is 8.45. The fourth-order valence-electron chi connectivity index (χ4n) is 13.2. The molecule has 3 N–H and O–H groups in total. The highest BCUT2D eigenvalue weighted by Gasteiger charge is 2.68. The van der Waals surface area contributed by atoms with Crippen molar-refractivity contribution in [2.75, 3.05) is 6.54 Å². The first-order valence-electron chi connectivity index (χ1n) is 18.0. The van der Waals surface area contributed by atoms with Crippen LogP contribution >= 0.6 is 0 Å². The Morgan fingerprint density at radius 2 is 1.69 bits per heavy atom. The molecule has 0 bridgehead atoms. The van der Waals surface area contributed by atoms with E-state index in [2.05, 4.69) is 45.2 Å². The van der Waals surface area contributed by atoms with Gasteiger partial charge in [0.15, 0.2) is 0 Å². The van der Waals surface area contributed by atoms with E-state index in [-0.39, 0.29) is 11.5 Å². The molecule has 0 radical (unpaired) electrons. The van der Waals surface area contributed by atoms with Gasteiger partial charge in [-0.25, -0.2) is 0 Å². The van der Waals surface area contributed by atoms with Crippen molar-refractivity contribution in [1.82, 2.24) is 5.32 Å². The van der Waals surface area contributed by atoms with Crippen LogP contribution in [0.3, 0.4) is 0 Å². The molecule has 4 heteroatoms. The number of carboxylic acid groups (broad SMARTS) is 1. The molecule has 4 nitrogen and oxygen atoms in total. The maximum Gasteiger partial charge on any atom is 0.306 e. The molecule has 0 aliphatic heterocycles. The van der Waals surface area contributed by atoms with Crippen molar-refractivity contribution in [3.05, 3.63) is 23.3 Å². The third kappa shape index (κ3) is 4.22. The lowest BCUT2D eigenvalue weighted by Gasteiger charge is -2.71. The Morgan fingerprint density at radius 1 is 0.881 bits per heavy atom. The molecule has 0 aromatic carbocycles. The molecule has 7 aliphatic carbocycles. The van der Waals surface area contributed by atoms with Gasteiger partial charge >= 0.3 is 5.97 Å². The normalized spacial score (nSPS) is 49.4. The topological polar surface area (TPSA) is 69.6 Å². The fourth-order valence-corrected chi connectivity index (χ4v) is 13.2. The summed E-state index contributed by atoms with van der Waals surface area (Å²) in [5, 5.41) is 24.4. The number of aliphatic hydroxyl groups is 1. The van der Waals surface area contributed by atoms with Crippen LogP contribution < -0.4 is 5.32 Å². The number of hydrogen-bond acceptors (Lipinski definition) is 3. The van der Waals surface area contributed by atoms with Gasteiger partial charge in [0.1, 0.15) is 0 Å². The Hall–Kier alpha value is -1.13. The summed E-state index contributed by atoms with van der Waals surface area (Å²) in [5.74, 6) is 2.92. The summed E-state index contributed by atoms with van der Waals surface area (Å²) in [6.07, 6.45) is 25.0. The SMILES string of the molecule is CC1C(C2=CCC(C(=O)O)CC2)=CCC2(C)C1CCC1(C)C2CCC2C3CCCC3(NCCC3(O)CCC3)CC[C@]21C. The van der Waals surface area contributed by atoms with E-state index in [1.807, 2.05) is 0 Å². The van der Waals surface area contributed by atoms with Crippen molar-refractivity contribution in [2.24, 2.45) is 51.8 Å². The first-order chi connectivity index (χ1) is 19.9. The van der Waals surface area contributed by atoms with Crippen LogP contribution in [0.15, 0.2) is 23.3 Å². The number of fused-ring (bicyclic) bond motifs is 7. The van der Waals surface area contributed by atoms with Crippen LogP contribution in [-0.4, -0.2) is 33.9 Å². The van der Waals surface area contributed by atoms with Gasteiger partial charge < -0.3 is 15.5 Å². The zero-order valence-electron chi connectivity index (χ0n) is 27.1. The summed E-state index contributed by atoms with van der Waals surface area (Å²) in [7, 11) is 0. The van der Waals surface area contributed by atoms with Crippen LogP contribution in [0.1, 0.15) is 137 Å². The minimum atomic E-state index is -0.625. The van der Waals surface area contributed by atoms with E-state index in [0.29, 0.717) is 34.1 Å². The van der Waals surface area contributed by atoms with Gasteiger partial charge in [-0.1, -0.05) is 46.3 Å². The van der Waals surface area contributed by atoms with Crippen LogP contribution in [0, 0.1) is 51.8 Å². The summed E-state index contributed by atoms with van der Waals surface area (Å²) in [6.45, 7) is 11.7. The van der Waals surface area contributed by atoms with E-state index in [4.69, 9.17) is 0 Å². The number of hydrogen-bond donors (Lipinski definition) is 3. The van der Waals surface area contributed by atoms with Gasteiger partial charge in [0.2, 0.25) is 0 Å². The molecule has 5 fully saturated rings. The third-order valence-corrected chi connectivity index (χ3v) is 16.0. The van der Waals surface area contributed by atoms with Gasteiger partial charge in [-0.3, -0.25) is 4.79 Å². The monoisotopic (exact) mass is 577 g/mol. The van der Waals surface area contributed by atoms with Crippen LogP contribution in [0.5, 0.6) is 0 Å². The molecule has 0 aromatic heterocycles. The van der Waals surface area contributed by atoms with Crippen molar-refractivity contribution >= 4 is 5.97 Å². The Labute approximate surface area is 255 Å². The average Bonchev–Trinajstić information content (AvgIpc) is 3.37. The largest absolute Gasteiger partial charge is 0.481 e. The smallest absolute Gasteiger partial charge is 0.306 e. The van der Waals surface area contributed by atoms with E-state index in [1.54, 1.807) is 5.57 Å². The van der Waals surface area contributed by atoms with Gasteiger partial charge in [0, 0.05) is 5.54 Å². The molecule has 7 rings (SSSR count). The van der Waals surface area contributed by atoms with Gasteiger partial charge in [0.25, 0.3) is 0 Å². The van der Waals surface area contributed by atoms with E-state index >= 15 is 0 Å². The standard InChI is InChI=1S/C38H59NO3/c1-25-28(26-8-10-27(11-9-26)33(40)41)14-19-34(2)29(25)15-20-36(4)32(34)13-12-30-31-7-5-18-38(31,22-21-35(30,36)3)39-24-23-37(42)16-6-17-37/h8,14,25,27,29-32,39,42H,5-7,9-13,15-24H2,1-4H3,(H,40,41)/t25?,27?,29?,30?,31?,32?,34?,35-,36?,38?/m1/s1. The molecule has 7 aliphatic rings. The first kappa shape index (κ1) is 29.6. The van der Waals surface area contributed by atoms with E-state index in [9.17, 15) is 15.0 Å². The van der Waals surface area contributed by atoms with E-state index in [1.165, 1.54) is 76.2 Å². The first-order valence-corrected chi connectivity index (χ1v) is 18.0. The maximum atomic E-state index is 11.5. The average molecular weight is 578 g/mol. The second-order valence-corrected chi connectivity index (χ2v) is 17.3. The highest BCUT2D eigenvalue weighted by molar-refractivity contribution is 5.70. The molecule has 42 heavy (non-hydrogen) atoms. The molecular formula is C38H59NO3. The van der Waals surface area contributed by atoms with Gasteiger partial charge in [-0.05, 0) is 166 Å².